The van der Waals surface area contributed by atoms with Gasteiger partial charge in [-0.1, -0.05) is 12.1 Å². The first-order valence-electron chi connectivity index (χ1n) is 5.13. The molecule has 4 nitrogen and oxygen atoms in total. The molecule has 0 atom stereocenters. The van der Waals surface area contributed by atoms with Gasteiger partial charge in [0.15, 0.2) is 0 Å². The van der Waals surface area contributed by atoms with Gasteiger partial charge in [0.1, 0.15) is 17.3 Å². The molecule has 0 saturated carbocycles. The third-order valence-electron chi connectivity index (χ3n) is 2.60. The molecule has 0 spiro atoms. The molecule has 2 aromatic rings. The van der Waals surface area contributed by atoms with Gasteiger partial charge in [-0.25, -0.2) is 9.37 Å². The van der Waals surface area contributed by atoms with Crippen LogP contribution in [0.1, 0.15) is 22.0 Å². The van der Waals surface area contributed by atoms with Gasteiger partial charge < -0.3 is 5.73 Å². The van der Waals surface area contributed by atoms with E-state index >= 15 is 0 Å². The maximum atomic E-state index is 13.7. The SMILES string of the molecule is Cc1nc(C(N)=O)c(C)n1-c1ccccc1F. The average Bonchev–Trinajstić information content (AvgIpc) is 2.56. The number of halogens is 1. The van der Waals surface area contributed by atoms with Crippen molar-refractivity contribution in [3.05, 3.63) is 47.3 Å². The summed E-state index contributed by atoms with van der Waals surface area (Å²) in [6.45, 7) is 3.39. The maximum absolute atomic E-state index is 13.7. The van der Waals surface area contributed by atoms with E-state index in [0.717, 1.165) is 0 Å². The van der Waals surface area contributed by atoms with Gasteiger partial charge in [-0.2, -0.15) is 0 Å². The van der Waals surface area contributed by atoms with Gasteiger partial charge in [0.25, 0.3) is 5.91 Å². The quantitative estimate of drug-likeness (QED) is 0.858. The van der Waals surface area contributed by atoms with Gasteiger partial charge in [0.2, 0.25) is 0 Å². The molecule has 2 rings (SSSR count). The van der Waals surface area contributed by atoms with Crippen molar-refractivity contribution in [3.8, 4) is 5.69 Å². The maximum Gasteiger partial charge on any atom is 0.269 e. The van der Waals surface area contributed by atoms with Crippen molar-refractivity contribution in [2.24, 2.45) is 5.73 Å². The van der Waals surface area contributed by atoms with E-state index in [2.05, 4.69) is 4.98 Å². The second kappa shape index (κ2) is 4.01. The zero-order valence-electron chi connectivity index (χ0n) is 9.57. The lowest BCUT2D eigenvalue weighted by Gasteiger charge is -2.08. The molecule has 88 valence electrons. The Labute approximate surface area is 97.9 Å². The number of hydrogen-bond donors (Lipinski definition) is 1. The van der Waals surface area contributed by atoms with Crippen LogP contribution in [0, 0.1) is 19.7 Å². The van der Waals surface area contributed by atoms with Gasteiger partial charge in [-0.05, 0) is 26.0 Å². The van der Waals surface area contributed by atoms with Crippen molar-refractivity contribution in [2.75, 3.05) is 0 Å². The van der Waals surface area contributed by atoms with E-state index in [1.54, 1.807) is 36.6 Å². The molecule has 0 aliphatic rings. The Kier molecular flexibility index (Phi) is 2.67. The van der Waals surface area contributed by atoms with Crippen LogP contribution in [0.2, 0.25) is 0 Å². The van der Waals surface area contributed by atoms with Crippen molar-refractivity contribution < 1.29 is 9.18 Å². The van der Waals surface area contributed by atoms with E-state index in [9.17, 15) is 9.18 Å². The van der Waals surface area contributed by atoms with Crippen molar-refractivity contribution in [2.45, 2.75) is 13.8 Å². The lowest BCUT2D eigenvalue weighted by atomic mass is 10.2. The number of carbonyl (C=O) groups excluding carboxylic acids is 1. The van der Waals surface area contributed by atoms with E-state index in [0.29, 0.717) is 17.2 Å². The van der Waals surface area contributed by atoms with Crippen molar-refractivity contribution in [3.63, 3.8) is 0 Å². The van der Waals surface area contributed by atoms with Crippen LogP contribution in [0.5, 0.6) is 0 Å². The lowest BCUT2D eigenvalue weighted by Crippen LogP contribution is -2.13. The van der Waals surface area contributed by atoms with Crippen LogP contribution < -0.4 is 5.73 Å². The number of aromatic nitrogens is 2. The van der Waals surface area contributed by atoms with Gasteiger partial charge in [0, 0.05) is 0 Å². The number of benzene rings is 1. The highest BCUT2D eigenvalue weighted by Crippen LogP contribution is 2.19. The molecule has 1 aromatic heterocycles. The highest BCUT2D eigenvalue weighted by molar-refractivity contribution is 5.92. The molecular weight excluding hydrogens is 221 g/mol. The third-order valence-corrected chi connectivity index (χ3v) is 2.60. The van der Waals surface area contributed by atoms with Crippen LogP contribution in [0.3, 0.4) is 0 Å². The summed E-state index contributed by atoms with van der Waals surface area (Å²) in [5, 5.41) is 0. The third kappa shape index (κ3) is 1.80. The van der Waals surface area contributed by atoms with Crippen molar-refractivity contribution in [1.29, 1.82) is 0 Å². The standard InChI is InChI=1S/C12H12FN3O/c1-7-11(12(14)17)15-8(2)16(7)10-6-4-3-5-9(10)13/h3-6H,1-2H3,(H2,14,17). The Morgan fingerprint density at radius 3 is 2.53 bits per heavy atom. The number of nitrogens with two attached hydrogens (primary N) is 1. The molecule has 0 saturated heterocycles. The molecule has 0 bridgehead atoms. The minimum Gasteiger partial charge on any atom is -0.364 e. The molecule has 0 radical (unpaired) electrons. The Hall–Kier alpha value is -2.17. The molecule has 1 heterocycles. The van der Waals surface area contributed by atoms with Crippen molar-refractivity contribution >= 4 is 5.91 Å². The van der Waals surface area contributed by atoms with Gasteiger partial charge in [-0.15, -0.1) is 0 Å². The van der Waals surface area contributed by atoms with Crippen LogP contribution in [0.4, 0.5) is 4.39 Å². The molecule has 17 heavy (non-hydrogen) atoms. The Bertz CT molecular complexity index is 589. The average molecular weight is 233 g/mol. The number of primary amides is 1. The van der Waals surface area contributed by atoms with Gasteiger partial charge in [0.05, 0.1) is 11.4 Å². The van der Waals surface area contributed by atoms with E-state index < -0.39 is 5.91 Å². The Morgan fingerprint density at radius 2 is 2.00 bits per heavy atom. The summed E-state index contributed by atoms with van der Waals surface area (Å²) < 4.78 is 15.3. The molecule has 0 fully saturated rings. The summed E-state index contributed by atoms with van der Waals surface area (Å²) in [7, 11) is 0. The van der Waals surface area contributed by atoms with E-state index in [1.807, 2.05) is 0 Å². The monoisotopic (exact) mass is 233 g/mol. The normalized spacial score (nSPS) is 10.5. The van der Waals surface area contributed by atoms with Crippen molar-refractivity contribution in [1.82, 2.24) is 9.55 Å². The Balaban J connectivity index is 2.69. The van der Waals surface area contributed by atoms with E-state index in [-0.39, 0.29) is 11.5 Å². The summed E-state index contributed by atoms with van der Waals surface area (Å²) >= 11 is 0. The molecule has 1 amide bonds. The first-order chi connectivity index (χ1) is 8.02. The summed E-state index contributed by atoms with van der Waals surface area (Å²) in [5.74, 6) is -0.450. The number of imidazole rings is 1. The molecule has 0 aliphatic heterocycles. The largest absolute Gasteiger partial charge is 0.364 e. The molecule has 5 heteroatoms. The molecule has 0 aliphatic carbocycles. The summed E-state index contributed by atoms with van der Waals surface area (Å²) in [4.78, 5) is 15.2. The lowest BCUT2D eigenvalue weighted by molar-refractivity contribution is 0.0995. The summed E-state index contributed by atoms with van der Waals surface area (Å²) in [6, 6.07) is 6.32. The highest BCUT2D eigenvalue weighted by atomic mass is 19.1. The first kappa shape index (κ1) is 11.3. The summed E-state index contributed by atoms with van der Waals surface area (Å²) in [6.07, 6.45) is 0. The number of amides is 1. The molecule has 1 aromatic carbocycles. The Morgan fingerprint density at radius 1 is 1.35 bits per heavy atom. The second-order valence-electron chi connectivity index (χ2n) is 3.74. The number of nitrogens with zero attached hydrogens (tertiary/aromatic N) is 2. The molecule has 2 N–H and O–H groups in total. The predicted octanol–water partition coefficient (Wildman–Crippen LogP) is 1.73. The minimum absolute atomic E-state index is 0.172. The van der Waals surface area contributed by atoms with Gasteiger partial charge in [-0.3, -0.25) is 9.36 Å². The van der Waals surface area contributed by atoms with Crippen LogP contribution in [0.25, 0.3) is 5.69 Å². The number of rotatable bonds is 2. The second-order valence-corrected chi connectivity index (χ2v) is 3.74. The smallest absolute Gasteiger partial charge is 0.269 e. The summed E-state index contributed by atoms with van der Waals surface area (Å²) in [5.41, 5.74) is 6.28. The van der Waals surface area contributed by atoms with Crippen LogP contribution >= 0.6 is 0 Å². The zero-order valence-corrected chi connectivity index (χ0v) is 9.57. The molecular formula is C12H12FN3O. The van der Waals surface area contributed by atoms with Crippen LogP contribution in [-0.4, -0.2) is 15.5 Å². The fourth-order valence-electron chi connectivity index (χ4n) is 1.86. The molecule has 0 unspecified atom stereocenters. The van der Waals surface area contributed by atoms with Gasteiger partial charge >= 0.3 is 0 Å². The fraction of sp³-hybridized carbons (Fsp3) is 0.167. The number of hydrogen-bond acceptors (Lipinski definition) is 2. The van der Waals surface area contributed by atoms with E-state index in [4.69, 9.17) is 5.73 Å². The van der Waals surface area contributed by atoms with Crippen LogP contribution in [0.15, 0.2) is 24.3 Å². The number of aryl methyl sites for hydroxylation is 1. The van der Waals surface area contributed by atoms with E-state index in [1.165, 1.54) is 6.07 Å². The number of para-hydroxylation sites is 1. The minimum atomic E-state index is -0.610. The topological polar surface area (TPSA) is 60.9 Å². The number of carbonyl (C=O) groups is 1. The fourth-order valence-corrected chi connectivity index (χ4v) is 1.86. The zero-order chi connectivity index (χ0) is 12.6. The highest BCUT2D eigenvalue weighted by Gasteiger charge is 2.17. The van der Waals surface area contributed by atoms with Crippen LogP contribution in [-0.2, 0) is 0 Å². The predicted molar refractivity (Wildman–Crippen MR) is 61.5 cm³/mol. The first-order valence-corrected chi connectivity index (χ1v) is 5.13.